The predicted molar refractivity (Wildman–Crippen MR) is 39.4 cm³/mol. The van der Waals surface area contributed by atoms with Gasteiger partial charge in [-0.15, -0.1) is 0 Å². The lowest BCUT2D eigenvalue weighted by molar-refractivity contribution is 0.551. The molecule has 0 spiro atoms. The van der Waals surface area contributed by atoms with Crippen LogP contribution in [0.3, 0.4) is 0 Å². The molecule has 1 unspecified atom stereocenters. The fourth-order valence-corrected chi connectivity index (χ4v) is 1.53. The average Bonchev–Trinajstić information content (AvgIpc) is 2.14. The second-order valence-corrected chi connectivity index (χ2v) is 3.66. The van der Waals surface area contributed by atoms with Crippen LogP contribution < -0.4 is 0 Å². The molecule has 1 rings (SSSR count). The summed E-state index contributed by atoms with van der Waals surface area (Å²) in [7, 11) is -0.780. The Balaban J connectivity index is 2.47. The summed E-state index contributed by atoms with van der Waals surface area (Å²) in [5.74, 6) is 0. The topological polar surface area (TPSA) is 20.3 Å². The van der Waals surface area contributed by atoms with Gasteiger partial charge in [0.1, 0.15) is 0 Å². The lowest BCUT2D eigenvalue weighted by Gasteiger charge is -2.09. The zero-order chi connectivity index (χ0) is 6.85. The van der Waals surface area contributed by atoms with Crippen LogP contribution in [-0.4, -0.2) is 27.9 Å². The maximum atomic E-state index is 10.8. The molecule has 1 heterocycles. The Morgan fingerprint density at radius 2 is 2.44 bits per heavy atom. The second kappa shape index (κ2) is 2.62. The van der Waals surface area contributed by atoms with Crippen LogP contribution in [0, 0.1) is 0 Å². The molecule has 52 valence electrons. The Bertz CT molecular complexity index is 164. The molecule has 0 aromatic carbocycles. The molecule has 9 heavy (non-hydrogen) atoms. The van der Waals surface area contributed by atoms with Crippen LogP contribution in [0.1, 0.15) is 6.92 Å². The normalized spacial score (nSPS) is 24.0. The van der Waals surface area contributed by atoms with Gasteiger partial charge in [0.25, 0.3) is 0 Å². The van der Waals surface area contributed by atoms with E-state index < -0.39 is 11.0 Å². The fourth-order valence-electron chi connectivity index (χ4n) is 0.861. The van der Waals surface area contributed by atoms with Crippen LogP contribution in [0.2, 0.25) is 0 Å². The molecule has 1 atom stereocenters. The molecule has 1 aliphatic rings. The molecular weight excluding hydrogens is 134 g/mol. The van der Waals surface area contributed by atoms with Crippen molar-refractivity contribution in [2.24, 2.45) is 0 Å². The van der Waals surface area contributed by atoms with Gasteiger partial charge in [-0.05, 0) is 6.92 Å². The zero-order valence-corrected chi connectivity index (χ0v) is 6.57. The molecule has 0 amide bonds. The predicted octanol–water partition coefficient (Wildman–Crippen LogP) is 0.542. The molecule has 0 aromatic heterocycles. The third-order valence-electron chi connectivity index (χ3n) is 1.43. The molecule has 0 radical (unpaired) electrons. The smallest absolute Gasteiger partial charge is 0.0916 e. The maximum Gasteiger partial charge on any atom is 0.0916 e. The number of hydrogen-bond donors (Lipinski definition) is 0. The lowest BCUT2D eigenvalue weighted by atomic mass is 10.3. The first kappa shape index (κ1) is 6.96. The highest BCUT2D eigenvalue weighted by atomic mass is 32.2. The standard InChI is InChI=1S/C6H11NOS/c1-6-3-4-7(5-6)9(2)8/h3H,4-5H2,1-2H3. The molecule has 0 aromatic rings. The van der Waals surface area contributed by atoms with Crippen LogP contribution >= 0.6 is 0 Å². The Morgan fingerprint density at radius 1 is 1.78 bits per heavy atom. The van der Waals surface area contributed by atoms with Crippen molar-refractivity contribution in [1.82, 2.24) is 4.31 Å². The molecular formula is C6H11NOS. The van der Waals surface area contributed by atoms with Gasteiger partial charge in [0.05, 0.1) is 11.0 Å². The summed E-state index contributed by atoms with van der Waals surface area (Å²) < 4.78 is 12.7. The summed E-state index contributed by atoms with van der Waals surface area (Å²) in [4.78, 5) is 0. The first-order valence-corrected chi connectivity index (χ1v) is 4.46. The highest BCUT2D eigenvalue weighted by Crippen LogP contribution is 2.08. The molecule has 0 fully saturated rings. The van der Waals surface area contributed by atoms with Crippen molar-refractivity contribution in [2.75, 3.05) is 19.3 Å². The minimum Gasteiger partial charge on any atom is -0.243 e. The van der Waals surface area contributed by atoms with Gasteiger partial charge in [-0.25, -0.2) is 8.51 Å². The summed E-state index contributed by atoms with van der Waals surface area (Å²) >= 11 is 0. The minimum absolute atomic E-state index is 0.780. The maximum absolute atomic E-state index is 10.8. The number of hydrogen-bond acceptors (Lipinski definition) is 1. The molecule has 0 aliphatic carbocycles. The lowest BCUT2D eigenvalue weighted by Crippen LogP contribution is -2.21. The summed E-state index contributed by atoms with van der Waals surface area (Å²) in [5, 5.41) is 0. The van der Waals surface area contributed by atoms with Crippen molar-refractivity contribution >= 4 is 11.0 Å². The first-order chi connectivity index (χ1) is 4.20. The molecule has 0 N–H and O–H groups in total. The van der Waals surface area contributed by atoms with E-state index in [-0.39, 0.29) is 0 Å². The van der Waals surface area contributed by atoms with E-state index in [4.69, 9.17) is 0 Å². The van der Waals surface area contributed by atoms with Gasteiger partial charge < -0.3 is 0 Å². The quantitative estimate of drug-likeness (QED) is 0.493. The van der Waals surface area contributed by atoms with Crippen LogP contribution in [0.5, 0.6) is 0 Å². The van der Waals surface area contributed by atoms with E-state index in [1.165, 1.54) is 5.57 Å². The number of nitrogens with zero attached hydrogens (tertiary/aromatic N) is 1. The average molecular weight is 145 g/mol. The van der Waals surface area contributed by atoms with E-state index >= 15 is 0 Å². The molecule has 0 bridgehead atoms. The van der Waals surface area contributed by atoms with E-state index in [1.54, 1.807) is 6.26 Å². The molecule has 2 nitrogen and oxygen atoms in total. The summed E-state index contributed by atoms with van der Waals surface area (Å²) in [6.45, 7) is 3.80. The Labute approximate surface area is 58.1 Å². The monoisotopic (exact) mass is 145 g/mol. The third kappa shape index (κ3) is 1.63. The fraction of sp³-hybridized carbons (Fsp3) is 0.667. The molecule has 0 saturated heterocycles. The Hall–Kier alpha value is -0.150. The summed E-state index contributed by atoms with van der Waals surface area (Å²) in [5.41, 5.74) is 1.32. The van der Waals surface area contributed by atoms with E-state index in [0.717, 1.165) is 13.1 Å². The minimum atomic E-state index is -0.780. The second-order valence-electron chi connectivity index (χ2n) is 2.30. The highest BCUT2D eigenvalue weighted by molar-refractivity contribution is 7.81. The third-order valence-corrected chi connectivity index (χ3v) is 2.44. The van der Waals surface area contributed by atoms with Gasteiger partial charge in [-0.1, -0.05) is 11.6 Å². The van der Waals surface area contributed by atoms with Gasteiger partial charge in [-0.2, -0.15) is 0 Å². The van der Waals surface area contributed by atoms with Gasteiger partial charge >= 0.3 is 0 Å². The Morgan fingerprint density at radius 3 is 2.67 bits per heavy atom. The first-order valence-electron chi connectivity index (χ1n) is 2.94. The zero-order valence-electron chi connectivity index (χ0n) is 5.76. The highest BCUT2D eigenvalue weighted by Gasteiger charge is 2.12. The van der Waals surface area contributed by atoms with Crippen LogP contribution in [0.15, 0.2) is 11.6 Å². The van der Waals surface area contributed by atoms with Crippen molar-refractivity contribution in [2.45, 2.75) is 6.92 Å². The van der Waals surface area contributed by atoms with E-state index in [2.05, 4.69) is 13.0 Å². The van der Waals surface area contributed by atoms with Crippen LogP contribution in [0.4, 0.5) is 0 Å². The van der Waals surface area contributed by atoms with Gasteiger partial charge in [0.15, 0.2) is 0 Å². The number of rotatable bonds is 1. The SMILES string of the molecule is CC1=CCN(S(C)=O)C1. The van der Waals surface area contributed by atoms with Crippen LogP contribution in [-0.2, 0) is 11.0 Å². The molecule has 0 saturated carbocycles. The van der Waals surface area contributed by atoms with E-state index in [9.17, 15) is 4.21 Å². The van der Waals surface area contributed by atoms with Gasteiger partial charge in [0.2, 0.25) is 0 Å². The Kier molecular flexibility index (Phi) is 2.03. The van der Waals surface area contributed by atoms with Crippen molar-refractivity contribution in [1.29, 1.82) is 0 Å². The van der Waals surface area contributed by atoms with E-state index in [1.807, 2.05) is 4.31 Å². The van der Waals surface area contributed by atoms with Crippen molar-refractivity contribution in [3.63, 3.8) is 0 Å². The van der Waals surface area contributed by atoms with Gasteiger partial charge in [0, 0.05) is 19.3 Å². The van der Waals surface area contributed by atoms with Crippen molar-refractivity contribution in [3.8, 4) is 0 Å². The van der Waals surface area contributed by atoms with E-state index in [0.29, 0.717) is 0 Å². The van der Waals surface area contributed by atoms with Crippen molar-refractivity contribution < 1.29 is 4.21 Å². The molecule has 3 heteroatoms. The summed E-state index contributed by atoms with van der Waals surface area (Å²) in [6.07, 6.45) is 3.83. The molecule has 1 aliphatic heterocycles. The largest absolute Gasteiger partial charge is 0.243 e. The van der Waals surface area contributed by atoms with Crippen molar-refractivity contribution in [3.05, 3.63) is 11.6 Å². The van der Waals surface area contributed by atoms with Crippen LogP contribution in [0.25, 0.3) is 0 Å². The van der Waals surface area contributed by atoms with Gasteiger partial charge in [-0.3, -0.25) is 0 Å². The summed E-state index contributed by atoms with van der Waals surface area (Å²) in [6, 6.07) is 0.